The highest BCUT2D eigenvalue weighted by atomic mass is 16.3. The van der Waals surface area contributed by atoms with Crippen LogP contribution in [0.1, 0.15) is 33.1 Å². The molecule has 0 aromatic rings. The number of rotatable bonds is 15. The van der Waals surface area contributed by atoms with Crippen molar-refractivity contribution in [2.75, 3.05) is 20.1 Å². The molecule has 0 aliphatic rings. The van der Waals surface area contributed by atoms with E-state index in [-0.39, 0.29) is 19.4 Å². The molecule has 0 bridgehead atoms. The predicted octanol–water partition coefficient (Wildman–Crippen LogP) is -5.96. The minimum Gasteiger partial charge on any atom is -0.391 e. The van der Waals surface area contributed by atoms with E-state index in [4.69, 9.17) is 17.2 Å². The summed E-state index contributed by atoms with van der Waals surface area (Å²) in [7, 11) is 1.14. The maximum absolute atomic E-state index is 12.8. The normalized spacial score (nSPS) is 13.6. The second-order valence-corrected chi connectivity index (χ2v) is 7.93. The van der Waals surface area contributed by atoms with Gasteiger partial charge in [-0.25, -0.2) is 0 Å². The number of hydrogen-bond acceptors (Lipinski definition) is 9. The Hall–Kier alpha value is -4.28. The summed E-state index contributed by atoms with van der Waals surface area (Å²) in [6, 6.07) is -4.35. The number of aliphatic hydroxyl groups excluding tert-OH is 1. The quantitative estimate of drug-likeness (QED) is 0.0933. The molecule has 0 aliphatic carbocycles. The van der Waals surface area contributed by atoms with E-state index in [0.717, 1.165) is 11.9 Å². The number of nitrogens with two attached hydrogens (primary N) is 3. The molecule has 0 saturated heterocycles. The highest BCUT2D eigenvalue weighted by molar-refractivity contribution is 6.34. The topological polar surface area (TPSA) is 286 Å². The summed E-state index contributed by atoms with van der Waals surface area (Å²) in [5.41, 5.74) is 15.0. The van der Waals surface area contributed by atoms with E-state index >= 15 is 0 Å². The zero-order chi connectivity index (χ0) is 28.9. The first-order chi connectivity index (χ1) is 17.1. The summed E-state index contributed by atoms with van der Waals surface area (Å²) < 4.78 is 0. The van der Waals surface area contributed by atoms with Crippen molar-refractivity contribution in [2.45, 2.75) is 57.3 Å². The molecule has 0 unspecified atom stereocenters. The van der Waals surface area contributed by atoms with Gasteiger partial charge < -0.3 is 48.5 Å². The van der Waals surface area contributed by atoms with Crippen LogP contribution in [0, 0.1) is 0 Å². The average Bonchev–Trinajstić information content (AvgIpc) is 2.78. The van der Waals surface area contributed by atoms with Crippen molar-refractivity contribution in [1.29, 1.82) is 0 Å². The van der Waals surface area contributed by atoms with Crippen LogP contribution in [0.2, 0.25) is 0 Å². The Labute approximate surface area is 212 Å². The van der Waals surface area contributed by atoms with Crippen molar-refractivity contribution < 1.29 is 43.5 Å². The fourth-order valence-corrected chi connectivity index (χ4v) is 3.03. The molecule has 0 radical (unpaired) electrons. The van der Waals surface area contributed by atoms with Gasteiger partial charge in [0.15, 0.2) is 0 Å². The second-order valence-electron chi connectivity index (χ2n) is 7.93. The first kappa shape index (κ1) is 32.7. The molecule has 4 atom stereocenters. The molecule has 0 aromatic carbocycles. The fourth-order valence-electron chi connectivity index (χ4n) is 3.03. The summed E-state index contributed by atoms with van der Waals surface area (Å²) in [6.45, 7) is 2.27. The van der Waals surface area contributed by atoms with Crippen molar-refractivity contribution in [3.8, 4) is 0 Å². The third-order valence-corrected chi connectivity index (χ3v) is 4.86. The Bertz CT molecular complexity index is 908. The minimum atomic E-state index is -1.55. The molecular formula is C20H34N8O9. The molecule has 0 aliphatic heterocycles. The molecule has 0 rings (SSSR count). The van der Waals surface area contributed by atoms with Crippen LogP contribution >= 0.6 is 0 Å². The third kappa shape index (κ3) is 11.8. The first-order valence-electron chi connectivity index (χ1n) is 11.1. The van der Waals surface area contributed by atoms with Crippen molar-refractivity contribution in [3.05, 3.63) is 0 Å². The molecule has 0 heterocycles. The second kappa shape index (κ2) is 15.7. The third-order valence-electron chi connectivity index (χ3n) is 4.86. The minimum absolute atomic E-state index is 0.197. The molecule has 0 fully saturated rings. The highest BCUT2D eigenvalue weighted by Crippen LogP contribution is 2.06. The van der Waals surface area contributed by atoms with Crippen LogP contribution in [0.15, 0.2) is 0 Å². The van der Waals surface area contributed by atoms with Crippen LogP contribution in [0.25, 0.3) is 0 Å². The largest absolute Gasteiger partial charge is 0.391 e. The van der Waals surface area contributed by atoms with E-state index in [2.05, 4.69) is 16.0 Å². The zero-order valence-electron chi connectivity index (χ0n) is 20.7. The number of likely N-dealkylation sites (N-methyl/N-ethyl adjacent to an activating group) is 2. The number of nitrogens with zero attached hydrogens (tertiary/aromatic N) is 1. The number of primary amides is 3. The van der Waals surface area contributed by atoms with E-state index in [1.807, 2.05) is 5.32 Å². The molecule has 11 N–H and O–H groups in total. The van der Waals surface area contributed by atoms with E-state index in [1.54, 1.807) is 6.92 Å². The number of nitrogens with one attached hydrogen (secondary N) is 4. The summed E-state index contributed by atoms with van der Waals surface area (Å²) in [4.78, 5) is 95.7. The summed E-state index contributed by atoms with van der Waals surface area (Å²) >= 11 is 0. The van der Waals surface area contributed by atoms with Crippen molar-refractivity contribution >= 4 is 47.3 Å². The summed E-state index contributed by atoms with van der Waals surface area (Å²) in [6.07, 6.45) is -2.63. The Morgan fingerprint density at radius 2 is 1.41 bits per heavy atom. The number of amides is 8. The molecule has 0 aromatic heterocycles. The predicted molar refractivity (Wildman–Crippen MR) is 125 cm³/mol. The van der Waals surface area contributed by atoms with Gasteiger partial charge in [-0.2, -0.15) is 0 Å². The number of carbonyl (C=O) groups is 8. The van der Waals surface area contributed by atoms with Gasteiger partial charge in [-0.1, -0.05) is 0 Å². The molecule has 37 heavy (non-hydrogen) atoms. The molecule has 8 amide bonds. The Morgan fingerprint density at radius 1 is 0.838 bits per heavy atom. The zero-order valence-corrected chi connectivity index (χ0v) is 20.7. The lowest BCUT2D eigenvalue weighted by atomic mass is 10.1. The smallest absolute Gasteiger partial charge is 0.309 e. The number of aliphatic hydroxyl groups is 1. The average molecular weight is 531 g/mol. The lowest BCUT2D eigenvalue weighted by Gasteiger charge is -2.31. The maximum Gasteiger partial charge on any atom is 0.309 e. The van der Waals surface area contributed by atoms with Gasteiger partial charge in [0.05, 0.1) is 19.1 Å². The standard InChI is InChI=1S/C20H34N8O9/c1-4-24-18(35)11(7-13(22)31)27-19(36)15(9(2)29)28(3)14(32)8-25-17(34)10(5-6-12(21)30)26-20(37)16(23)33/h9-11,15,29H,4-8H2,1-3H3,(H2,21,30)(H2,22,31)(H2,23,33)(H,24,35)(H,25,34)(H,26,37)(H,27,36)/t9-,10+,11-,15-/m0/s1. The van der Waals surface area contributed by atoms with Crippen molar-refractivity contribution in [1.82, 2.24) is 26.2 Å². The maximum atomic E-state index is 12.8. The van der Waals surface area contributed by atoms with Gasteiger partial charge in [-0.05, 0) is 20.3 Å². The van der Waals surface area contributed by atoms with Gasteiger partial charge >= 0.3 is 11.8 Å². The van der Waals surface area contributed by atoms with Crippen LogP contribution in [0.3, 0.4) is 0 Å². The number of hydrogen-bond donors (Lipinski definition) is 8. The van der Waals surface area contributed by atoms with E-state index in [0.29, 0.717) is 0 Å². The lowest BCUT2D eigenvalue weighted by Crippen LogP contribution is -2.59. The van der Waals surface area contributed by atoms with E-state index in [1.165, 1.54) is 6.92 Å². The van der Waals surface area contributed by atoms with Crippen LogP contribution in [0.5, 0.6) is 0 Å². The summed E-state index contributed by atoms with van der Waals surface area (Å²) in [5, 5.41) is 19.0. The highest BCUT2D eigenvalue weighted by Gasteiger charge is 2.34. The van der Waals surface area contributed by atoms with Gasteiger partial charge in [-0.15, -0.1) is 0 Å². The van der Waals surface area contributed by atoms with E-state index in [9.17, 15) is 43.5 Å². The Morgan fingerprint density at radius 3 is 1.86 bits per heavy atom. The van der Waals surface area contributed by atoms with Crippen molar-refractivity contribution in [3.63, 3.8) is 0 Å². The first-order valence-corrected chi connectivity index (χ1v) is 11.1. The molecular weight excluding hydrogens is 496 g/mol. The number of carbonyl (C=O) groups excluding carboxylic acids is 8. The van der Waals surface area contributed by atoms with Crippen LogP contribution in [-0.2, 0) is 38.4 Å². The fraction of sp³-hybridized carbons (Fsp3) is 0.600. The van der Waals surface area contributed by atoms with Crippen LogP contribution in [-0.4, -0.2) is 102 Å². The van der Waals surface area contributed by atoms with E-state index < -0.39 is 84.5 Å². The Balaban J connectivity index is 5.44. The molecule has 17 nitrogen and oxygen atoms in total. The lowest BCUT2D eigenvalue weighted by molar-refractivity contribution is -0.144. The molecule has 0 saturated carbocycles. The van der Waals surface area contributed by atoms with Crippen LogP contribution in [0.4, 0.5) is 0 Å². The van der Waals surface area contributed by atoms with Crippen LogP contribution < -0.4 is 38.5 Å². The van der Waals surface area contributed by atoms with Crippen molar-refractivity contribution in [2.24, 2.45) is 17.2 Å². The van der Waals surface area contributed by atoms with Gasteiger partial charge in [0.2, 0.25) is 35.4 Å². The molecule has 0 spiro atoms. The van der Waals surface area contributed by atoms with Gasteiger partial charge in [-0.3, -0.25) is 38.4 Å². The van der Waals surface area contributed by atoms with Gasteiger partial charge in [0.1, 0.15) is 18.1 Å². The molecule has 208 valence electrons. The Kier molecular flexibility index (Phi) is 13.8. The monoisotopic (exact) mass is 530 g/mol. The summed E-state index contributed by atoms with van der Waals surface area (Å²) in [5.74, 6) is -7.91. The molecule has 17 heteroatoms. The van der Waals surface area contributed by atoms with Gasteiger partial charge in [0, 0.05) is 20.0 Å². The SMILES string of the molecule is CCNC(=O)[C@H](CC(N)=O)NC(=O)[C@H]([C@H](C)O)N(C)C(=O)CNC(=O)[C@@H](CCC(N)=O)NC(=O)C(N)=O. The van der Waals surface area contributed by atoms with Gasteiger partial charge in [0.25, 0.3) is 0 Å².